The molecule has 0 aliphatic heterocycles. The van der Waals surface area contributed by atoms with E-state index in [0.29, 0.717) is 5.56 Å². The van der Waals surface area contributed by atoms with Crippen molar-refractivity contribution in [2.75, 3.05) is 0 Å². The predicted octanol–water partition coefficient (Wildman–Crippen LogP) is 6.10. The summed E-state index contributed by atoms with van der Waals surface area (Å²) in [5, 5.41) is 0. The monoisotopic (exact) mass is 360 g/mol. The number of ketones is 1. The van der Waals surface area contributed by atoms with E-state index in [1.54, 1.807) is 6.92 Å². The molecule has 7 heteroatoms. The number of Topliss-reactive ketones (excluding diaryl/α,β-unsaturated/α-hetero) is 1. The third-order valence-electron chi connectivity index (χ3n) is 3.83. The van der Waals surface area contributed by atoms with Crippen LogP contribution >= 0.6 is 0 Å². The van der Waals surface area contributed by atoms with Crippen LogP contribution in [0.2, 0.25) is 0 Å². The van der Waals surface area contributed by atoms with E-state index in [4.69, 9.17) is 0 Å². The second-order valence-electron chi connectivity index (χ2n) is 5.72. The molecule has 0 spiro atoms. The summed E-state index contributed by atoms with van der Waals surface area (Å²) in [5.41, 5.74) is -0.947. The summed E-state index contributed by atoms with van der Waals surface area (Å²) in [6.07, 6.45) is -8.93. The van der Waals surface area contributed by atoms with Crippen LogP contribution in [0.3, 0.4) is 0 Å². The molecule has 2 rings (SSSR count). The van der Waals surface area contributed by atoms with Gasteiger partial charge in [0.15, 0.2) is 5.78 Å². The molecule has 1 nitrogen and oxygen atoms in total. The molecule has 0 saturated heterocycles. The topological polar surface area (TPSA) is 17.1 Å². The van der Waals surface area contributed by atoms with Gasteiger partial charge in [0.05, 0.1) is 11.1 Å². The van der Waals surface area contributed by atoms with Crippen molar-refractivity contribution in [3.8, 4) is 0 Å². The molecule has 1 unspecified atom stereocenters. The molecule has 2 aromatic carbocycles. The summed E-state index contributed by atoms with van der Waals surface area (Å²) in [7, 11) is 0. The average molecular weight is 360 g/mol. The lowest BCUT2D eigenvalue weighted by atomic mass is 9.92. The number of rotatable bonds is 4. The Hall–Kier alpha value is -2.31. The van der Waals surface area contributed by atoms with E-state index in [2.05, 4.69) is 0 Å². The number of alkyl halides is 6. The summed E-state index contributed by atoms with van der Waals surface area (Å²) < 4.78 is 75.1. The number of halogens is 6. The summed E-state index contributed by atoms with van der Waals surface area (Å²) >= 11 is 0. The SMILES string of the molecule is CC(CC(=O)c1ccc(C(F)(F)F)cc1)c1ccc(C(F)(F)F)cc1. The summed E-state index contributed by atoms with van der Waals surface area (Å²) in [5.74, 6) is -0.738. The molecule has 0 N–H and O–H groups in total. The largest absolute Gasteiger partial charge is 0.416 e. The van der Waals surface area contributed by atoms with Gasteiger partial charge in [0.2, 0.25) is 0 Å². The van der Waals surface area contributed by atoms with Crippen molar-refractivity contribution in [2.24, 2.45) is 0 Å². The van der Waals surface area contributed by atoms with Crippen LogP contribution in [0.4, 0.5) is 26.3 Å². The molecule has 25 heavy (non-hydrogen) atoms. The maximum Gasteiger partial charge on any atom is 0.416 e. The van der Waals surface area contributed by atoms with Crippen LogP contribution in [0.25, 0.3) is 0 Å². The molecule has 0 aliphatic carbocycles. The second-order valence-corrected chi connectivity index (χ2v) is 5.72. The zero-order chi connectivity index (χ0) is 18.8. The Morgan fingerprint density at radius 1 is 0.800 bits per heavy atom. The molecular weight excluding hydrogens is 346 g/mol. The van der Waals surface area contributed by atoms with Crippen LogP contribution in [-0.4, -0.2) is 5.78 Å². The fourth-order valence-electron chi connectivity index (χ4n) is 2.36. The number of hydrogen-bond acceptors (Lipinski definition) is 1. The zero-order valence-corrected chi connectivity index (χ0v) is 13.1. The normalized spacial score (nSPS) is 13.6. The zero-order valence-electron chi connectivity index (χ0n) is 13.1. The minimum atomic E-state index is -4.48. The number of carbonyl (C=O) groups is 1. The number of carbonyl (C=O) groups excluding carboxylic acids is 1. The molecule has 0 aliphatic rings. The molecule has 0 heterocycles. The molecule has 0 bridgehead atoms. The summed E-state index contributed by atoms with van der Waals surface area (Å²) in [6.45, 7) is 1.67. The summed E-state index contributed by atoms with van der Waals surface area (Å²) in [4.78, 5) is 12.2. The van der Waals surface area contributed by atoms with Crippen molar-refractivity contribution >= 4 is 5.78 Å². The van der Waals surface area contributed by atoms with Gasteiger partial charge in [0, 0.05) is 12.0 Å². The smallest absolute Gasteiger partial charge is 0.294 e. The van der Waals surface area contributed by atoms with Crippen LogP contribution in [0.15, 0.2) is 48.5 Å². The molecule has 0 fully saturated rings. The quantitative estimate of drug-likeness (QED) is 0.476. The van der Waals surface area contributed by atoms with Crippen molar-refractivity contribution in [3.63, 3.8) is 0 Å². The highest BCUT2D eigenvalue weighted by Crippen LogP contribution is 2.32. The van der Waals surface area contributed by atoms with Gasteiger partial charge in [0.1, 0.15) is 0 Å². The van der Waals surface area contributed by atoms with Gasteiger partial charge in [-0.3, -0.25) is 4.79 Å². The van der Waals surface area contributed by atoms with Crippen LogP contribution in [0.1, 0.15) is 46.3 Å². The molecule has 1 atom stereocenters. The van der Waals surface area contributed by atoms with E-state index in [-0.39, 0.29) is 23.7 Å². The van der Waals surface area contributed by atoms with Crippen molar-refractivity contribution in [3.05, 3.63) is 70.8 Å². The number of benzene rings is 2. The van der Waals surface area contributed by atoms with Crippen molar-refractivity contribution in [1.29, 1.82) is 0 Å². The van der Waals surface area contributed by atoms with Gasteiger partial charge < -0.3 is 0 Å². The highest BCUT2D eigenvalue weighted by molar-refractivity contribution is 5.96. The molecular formula is C18H14F6O. The second kappa shape index (κ2) is 6.90. The van der Waals surface area contributed by atoms with E-state index in [9.17, 15) is 31.1 Å². The molecule has 2 aromatic rings. The highest BCUT2D eigenvalue weighted by atomic mass is 19.4. The van der Waals surface area contributed by atoms with Gasteiger partial charge in [-0.15, -0.1) is 0 Å². The van der Waals surface area contributed by atoms with Crippen molar-refractivity contribution in [2.45, 2.75) is 31.6 Å². The van der Waals surface area contributed by atoms with Gasteiger partial charge in [-0.1, -0.05) is 31.2 Å². The average Bonchev–Trinajstić information content (AvgIpc) is 2.53. The number of hydrogen-bond donors (Lipinski definition) is 0. The fraction of sp³-hybridized carbons (Fsp3) is 0.278. The molecule has 0 aromatic heterocycles. The standard InChI is InChI=1S/C18H14F6O/c1-11(12-2-6-14(7-3-12)17(19,20)21)10-16(25)13-4-8-15(9-5-13)18(22,23)24/h2-9,11H,10H2,1H3. The Balaban J connectivity index is 2.07. The lowest BCUT2D eigenvalue weighted by molar-refractivity contribution is -0.138. The van der Waals surface area contributed by atoms with Gasteiger partial charge in [-0.25, -0.2) is 0 Å². The first kappa shape index (κ1) is 19.0. The van der Waals surface area contributed by atoms with Crippen LogP contribution in [-0.2, 0) is 12.4 Å². The Bertz CT molecular complexity index is 726. The first-order valence-corrected chi connectivity index (χ1v) is 7.36. The maximum atomic E-state index is 12.5. The Morgan fingerprint density at radius 2 is 1.20 bits per heavy atom. The van der Waals surface area contributed by atoms with E-state index >= 15 is 0 Å². The Labute approximate surface area is 140 Å². The lowest BCUT2D eigenvalue weighted by Gasteiger charge is -2.13. The summed E-state index contributed by atoms with van der Waals surface area (Å²) in [6, 6.07) is 8.34. The maximum absolute atomic E-state index is 12.5. The van der Waals surface area contributed by atoms with Gasteiger partial charge in [0.25, 0.3) is 0 Å². The lowest BCUT2D eigenvalue weighted by Crippen LogP contribution is -2.08. The van der Waals surface area contributed by atoms with E-state index in [1.165, 1.54) is 12.1 Å². The molecule has 0 amide bonds. The van der Waals surface area contributed by atoms with Crippen molar-refractivity contribution < 1.29 is 31.1 Å². The van der Waals surface area contributed by atoms with Gasteiger partial charge in [-0.05, 0) is 35.7 Å². The van der Waals surface area contributed by atoms with E-state index < -0.39 is 23.5 Å². The third kappa shape index (κ3) is 4.84. The first-order valence-electron chi connectivity index (χ1n) is 7.36. The molecule has 0 radical (unpaired) electrons. The van der Waals surface area contributed by atoms with Crippen LogP contribution < -0.4 is 0 Å². The first-order chi connectivity index (χ1) is 11.5. The fourth-order valence-corrected chi connectivity index (χ4v) is 2.36. The van der Waals surface area contributed by atoms with Crippen molar-refractivity contribution in [1.82, 2.24) is 0 Å². The third-order valence-corrected chi connectivity index (χ3v) is 3.83. The Kier molecular flexibility index (Phi) is 5.25. The van der Waals surface area contributed by atoms with Crippen LogP contribution in [0.5, 0.6) is 0 Å². The van der Waals surface area contributed by atoms with E-state index in [1.807, 2.05) is 0 Å². The minimum absolute atomic E-state index is 0.0171. The Morgan fingerprint density at radius 3 is 1.60 bits per heavy atom. The predicted molar refractivity (Wildman–Crippen MR) is 80.3 cm³/mol. The van der Waals surface area contributed by atoms with Crippen LogP contribution in [0, 0.1) is 0 Å². The highest BCUT2D eigenvalue weighted by Gasteiger charge is 2.31. The van der Waals surface area contributed by atoms with Gasteiger partial charge in [-0.2, -0.15) is 26.3 Å². The van der Waals surface area contributed by atoms with E-state index in [0.717, 1.165) is 36.4 Å². The molecule has 0 saturated carbocycles. The minimum Gasteiger partial charge on any atom is -0.294 e. The van der Waals surface area contributed by atoms with Gasteiger partial charge >= 0.3 is 12.4 Å². The molecule has 134 valence electrons.